The molecule has 0 saturated heterocycles. The van der Waals surface area contributed by atoms with E-state index in [1.54, 1.807) is 12.1 Å². The normalized spacial score (nSPS) is 10.4. The van der Waals surface area contributed by atoms with Crippen molar-refractivity contribution in [2.24, 2.45) is 0 Å². The topological polar surface area (TPSA) is 52.8 Å². The van der Waals surface area contributed by atoms with E-state index in [4.69, 9.17) is 5.26 Å². The lowest BCUT2D eigenvalue weighted by molar-refractivity contribution is 0.767. The second-order valence-corrected chi connectivity index (χ2v) is 5.59. The van der Waals surface area contributed by atoms with Gasteiger partial charge in [-0.05, 0) is 40.2 Å². The van der Waals surface area contributed by atoms with E-state index >= 15 is 0 Å². The molecule has 0 saturated carbocycles. The Bertz CT molecular complexity index is 644. The predicted octanol–water partition coefficient (Wildman–Crippen LogP) is 4.00. The van der Waals surface area contributed by atoms with E-state index in [2.05, 4.69) is 45.8 Å². The first kappa shape index (κ1) is 14.5. The lowest BCUT2D eigenvalue weighted by atomic mass is 10.2. The van der Waals surface area contributed by atoms with Gasteiger partial charge in [0.15, 0.2) is 0 Å². The van der Waals surface area contributed by atoms with Crippen molar-refractivity contribution >= 4 is 27.4 Å². The van der Waals surface area contributed by atoms with Gasteiger partial charge in [-0.1, -0.05) is 13.8 Å². The molecule has 0 radical (unpaired) electrons. The summed E-state index contributed by atoms with van der Waals surface area (Å²) in [6, 6.07) is 11.4. The third-order valence-electron chi connectivity index (χ3n) is 2.94. The molecule has 0 N–H and O–H groups in total. The molecular weight excluding hydrogens is 316 g/mol. The highest BCUT2D eigenvalue weighted by Gasteiger charge is 2.11. The van der Waals surface area contributed by atoms with E-state index in [1.165, 1.54) is 0 Å². The maximum absolute atomic E-state index is 8.83. The first-order valence-corrected chi connectivity index (χ1v) is 7.09. The van der Waals surface area contributed by atoms with E-state index < -0.39 is 0 Å². The molecule has 0 spiro atoms. The maximum Gasteiger partial charge on any atom is 0.137 e. The van der Waals surface area contributed by atoms with Crippen LogP contribution in [-0.4, -0.2) is 17.0 Å². The van der Waals surface area contributed by atoms with E-state index in [0.29, 0.717) is 5.56 Å². The molecular formula is C15H15BrN4. The van der Waals surface area contributed by atoms with Crippen LogP contribution >= 0.6 is 15.9 Å². The molecule has 0 fully saturated rings. The van der Waals surface area contributed by atoms with Crippen molar-refractivity contribution < 1.29 is 0 Å². The molecule has 1 heterocycles. The summed E-state index contributed by atoms with van der Waals surface area (Å²) in [5, 5.41) is 8.83. The number of hydrogen-bond acceptors (Lipinski definition) is 4. The fourth-order valence-electron chi connectivity index (χ4n) is 1.74. The maximum atomic E-state index is 8.83. The Hall–Kier alpha value is -1.93. The number of benzene rings is 1. The Morgan fingerprint density at radius 1 is 1.20 bits per heavy atom. The third kappa shape index (κ3) is 3.14. The monoisotopic (exact) mass is 330 g/mol. The quantitative estimate of drug-likeness (QED) is 0.798. The number of aromatic nitrogens is 2. The van der Waals surface area contributed by atoms with Crippen LogP contribution in [0.15, 0.2) is 34.9 Å². The van der Waals surface area contributed by atoms with Gasteiger partial charge >= 0.3 is 0 Å². The van der Waals surface area contributed by atoms with Gasteiger partial charge in [0.1, 0.15) is 16.2 Å². The van der Waals surface area contributed by atoms with Crippen LogP contribution in [0, 0.1) is 11.3 Å². The number of nitriles is 1. The minimum Gasteiger partial charge on any atom is -0.329 e. The SMILES string of the molecule is CC(C)c1nc(Br)cc(N(C)c2ccc(C#N)cc2)n1. The molecule has 1 aromatic heterocycles. The summed E-state index contributed by atoms with van der Waals surface area (Å²) in [6.07, 6.45) is 0. The van der Waals surface area contributed by atoms with Crippen LogP contribution in [0.3, 0.4) is 0 Å². The zero-order valence-corrected chi connectivity index (χ0v) is 13.2. The molecule has 20 heavy (non-hydrogen) atoms. The average Bonchev–Trinajstić information content (AvgIpc) is 2.46. The Labute approximate surface area is 127 Å². The molecule has 0 aliphatic heterocycles. The molecule has 0 amide bonds. The van der Waals surface area contributed by atoms with Crippen molar-refractivity contribution in [3.63, 3.8) is 0 Å². The Kier molecular flexibility index (Phi) is 4.35. The number of halogens is 1. The summed E-state index contributed by atoms with van der Waals surface area (Å²) < 4.78 is 0.770. The summed E-state index contributed by atoms with van der Waals surface area (Å²) in [4.78, 5) is 10.9. The first-order valence-electron chi connectivity index (χ1n) is 6.29. The van der Waals surface area contributed by atoms with Gasteiger partial charge < -0.3 is 4.90 Å². The molecule has 102 valence electrons. The van der Waals surface area contributed by atoms with E-state index in [1.807, 2.05) is 30.1 Å². The Morgan fingerprint density at radius 3 is 2.40 bits per heavy atom. The molecule has 0 bridgehead atoms. The fraction of sp³-hybridized carbons (Fsp3) is 0.267. The summed E-state index contributed by atoms with van der Waals surface area (Å²) >= 11 is 3.42. The highest BCUT2D eigenvalue weighted by Crippen LogP contribution is 2.25. The van der Waals surface area contributed by atoms with E-state index in [9.17, 15) is 0 Å². The number of rotatable bonds is 3. The summed E-state index contributed by atoms with van der Waals surface area (Å²) in [5.74, 6) is 1.88. The van der Waals surface area contributed by atoms with Gasteiger partial charge in [-0.2, -0.15) is 5.26 Å². The van der Waals surface area contributed by atoms with Crippen molar-refractivity contribution in [1.29, 1.82) is 5.26 Å². The average molecular weight is 331 g/mol. The standard InChI is InChI=1S/C15H15BrN4/c1-10(2)15-18-13(16)8-14(19-15)20(3)12-6-4-11(9-17)5-7-12/h4-8,10H,1-3H3. The lowest BCUT2D eigenvalue weighted by Gasteiger charge is -2.19. The number of nitrogens with zero attached hydrogens (tertiary/aromatic N) is 4. The molecule has 0 unspecified atom stereocenters. The van der Waals surface area contributed by atoms with Crippen LogP contribution in [0.2, 0.25) is 0 Å². The second kappa shape index (κ2) is 6.02. The largest absolute Gasteiger partial charge is 0.329 e. The lowest BCUT2D eigenvalue weighted by Crippen LogP contribution is -2.13. The zero-order chi connectivity index (χ0) is 14.7. The van der Waals surface area contributed by atoms with Crippen molar-refractivity contribution in [3.8, 4) is 6.07 Å². The van der Waals surface area contributed by atoms with Gasteiger partial charge in [0.25, 0.3) is 0 Å². The molecule has 2 aromatic rings. The van der Waals surface area contributed by atoms with Crippen LogP contribution in [0.25, 0.3) is 0 Å². The van der Waals surface area contributed by atoms with Gasteiger partial charge in [-0.3, -0.25) is 0 Å². The van der Waals surface area contributed by atoms with Crippen LogP contribution in [0.1, 0.15) is 31.2 Å². The van der Waals surface area contributed by atoms with Gasteiger partial charge in [0.05, 0.1) is 11.6 Å². The van der Waals surface area contributed by atoms with Gasteiger partial charge in [0, 0.05) is 24.7 Å². The molecule has 0 aliphatic carbocycles. The number of anilines is 2. The summed E-state index contributed by atoms with van der Waals surface area (Å²) in [7, 11) is 1.94. The van der Waals surface area contributed by atoms with Crippen molar-refractivity contribution in [2.75, 3.05) is 11.9 Å². The van der Waals surface area contributed by atoms with Crippen LogP contribution in [-0.2, 0) is 0 Å². The molecule has 4 nitrogen and oxygen atoms in total. The van der Waals surface area contributed by atoms with Gasteiger partial charge in [0.2, 0.25) is 0 Å². The molecule has 1 aromatic carbocycles. The zero-order valence-electron chi connectivity index (χ0n) is 11.6. The Morgan fingerprint density at radius 2 is 1.85 bits per heavy atom. The van der Waals surface area contributed by atoms with Crippen LogP contribution < -0.4 is 4.90 Å². The molecule has 0 aliphatic rings. The fourth-order valence-corrected chi connectivity index (χ4v) is 2.13. The van der Waals surface area contributed by atoms with Gasteiger partial charge in [-0.15, -0.1) is 0 Å². The first-order chi connectivity index (χ1) is 9.51. The minimum atomic E-state index is 0.264. The van der Waals surface area contributed by atoms with Crippen LogP contribution in [0.5, 0.6) is 0 Å². The smallest absolute Gasteiger partial charge is 0.137 e. The second-order valence-electron chi connectivity index (χ2n) is 4.78. The van der Waals surface area contributed by atoms with Crippen molar-refractivity contribution in [1.82, 2.24) is 9.97 Å². The summed E-state index contributed by atoms with van der Waals surface area (Å²) in [5.41, 5.74) is 1.62. The third-order valence-corrected chi connectivity index (χ3v) is 3.35. The highest BCUT2D eigenvalue weighted by molar-refractivity contribution is 9.10. The van der Waals surface area contributed by atoms with Crippen LogP contribution in [0.4, 0.5) is 11.5 Å². The highest BCUT2D eigenvalue weighted by atomic mass is 79.9. The molecule has 5 heteroatoms. The molecule has 2 rings (SSSR count). The predicted molar refractivity (Wildman–Crippen MR) is 83.0 cm³/mol. The van der Waals surface area contributed by atoms with Gasteiger partial charge in [-0.25, -0.2) is 9.97 Å². The van der Waals surface area contributed by atoms with E-state index in [-0.39, 0.29) is 5.92 Å². The van der Waals surface area contributed by atoms with Crippen molar-refractivity contribution in [3.05, 3.63) is 46.3 Å². The molecule has 0 atom stereocenters. The van der Waals surface area contributed by atoms with Crippen molar-refractivity contribution in [2.45, 2.75) is 19.8 Å². The summed E-state index contributed by atoms with van der Waals surface area (Å²) in [6.45, 7) is 4.13. The number of hydrogen-bond donors (Lipinski definition) is 0. The minimum absolute atomic E-state index is 0.264. The Balaban J connectivity index is 2.37. The van der Waals surface area contributed by atoms with E-state index in [0.717, 1.165) is 21.9 Å².